The van der Waals surface area contributed by atoms with Gasteiger partial charge in [-0.25, -0.2) is 4.79 Å². The Morgan fingerprint density at radius 3 is 2.40 bits per heavy atom. The first-order valence-corrected chi connectivity index (χ1v) is 8.43. The van der Waals surface area contributed by atoms with E-state index in [1.807, 2.05) is 6.92 Å². The Kier molecular flexibility index (Phi) is 6.25. The summed E-state index contributed by atoms with van der Waals surface area (Å²) in [6.07, 6.45) is -0.0276. The molecule has 0 aromatic heterocycles. The van der Waals surface area contributed by atoms with E-state index >= 15 is 0 Å². The van der Waals surface area contributed by atoms with E-state index in [4.69, 9.17) is 16.3 Å². The number of carbonyl (C=O) groups is 3. The van der Waals surface area contributed by atoms with Gasteiger partial charge in [-0.1, -0.05) is 11.6 Å². The number of halogens is 1. The zero-order chi connectivity index (χ0) is 18.6. The van der Waals surface area contributed by atoms with Crippen molar-refractivity contribution in [2.24, 2.45) is 0 Å². The summed E-state index contributed by atoms with van der Waals surface area (Å²) in [5, 5.41) is 0.627. The smallest absolute Gasteiger partial charge is 0.326 e. The van der Waals surface area contributed by atoms with Crippen molar-refractivity contribution in [3.8, 4) is 5.75 Å². The van der Waals surface area contributed by atoms with Gasteiger partial charge < -0.3 is 14.5 Å². The van der Waals surface area contributed by atoms with Crippen LogP contribution in [0.4, 0.5) is 4.79 Å². The van der Waals surface area contributed by atoms with E-state index in [0.717, 1.165) is 4.90 Å². The Morgan fingerprint density at radius 1 is 1.24 bits per heavy atom. The third-order valence-corrected chi connectivity index (χ3v) is 4.47. The molecule has 0 radical (unpaired) electrons. The van der Waals surface area contributed by atoms with E-state index in [0.29, 0.717) is 30.5 Å². The van der Waals surface area contributed by atoms with Gasteiger partial charge in [-0.05, 0) is 31.2 Å². The molecule has 0 saturated carbocycles. The van der Waals surface area contributed by atoms with Crippen LogP contribution in [0, 0.1) is 0 Å². The largest absolute Gasteiger partial charge is 0.492 e. The molecule has 1 aliphatic heterocycles. The van der Waals surface area contributed by atoms with Gasteiger partial charge in [0.2, 0.25) is 5.91 Å². The number of urea groups is 1. The number of imide groups is 1. The predicted octanol–water partition coefficient (Wildman–Crippen LogP) is 1.85. The first-order valence-electron chi connectivity index (χ1n) is 8.05. The number of nitrogens with zero attached hydrogens (tertiary/aromatic N) is 3. The van der Waals surface area contributed by atoms with Crippen molar-refractivity contribution in [2.45, 2.75) is 19.4 Å². The second-order valence-electron chi connectivity index (χ2n) is 5.79. The molecule has 1 atom stereocenters. The Morgan fingerprint density at radius 2 is 1.88 bits per heavy atom. The molecule has 0 spiro atoms. The summed E-state index contributed by atoms with van der Waals surface area (Å²) in [4.78, 5) is 40.3. The number of hydrogen-bond acceptors (Lipinski definition) is 4. The molecule has 0 bridgehead atoms. The fourth-order valence-corrected chi connectivity index (χ4v) is 2.76. The highest BCUT2D eigenvalue weighted by Gasteiger charge is 2.42. The minimum atomic E-state index is -0.740. The van der Waals surface area contributed by atoms with Crippen LogP contribution in [0.1, 0.15) is 13.3 Å². The molecule has 25 heavy (non-hydrogen) atoms. The van der Waals surface area contributed by atoms with Crippen LogP contribution in [0.25, 0.3) is 0 Å². The topological polar surface area (TPSA) is 70.2 Å². The molecule has 1 unspecified atom stereocenters. The zero-order valence-electron chi connectivity index (χ0n) is 14.6. The van der Waals surface area contributed by atoms with E-state index in [2.05, 4.69) is 0 Å². The van der Waals surface area contributed by atoms with Crippen LogP contribution in [-0.2, 0) is 9.59 Å². The van der Waals surface area contributed by atoms with Crippen molar-refractivity contribution < 1.29 is 19.1 Å². The molecule has 0 aliphatic carbocycles. The van der Waals surface area contributed by atoms with Crippen molar-refractivity contribution in [1.29, 1.82) is 0 Å². The summed E-state index contributed by atoms with van der Waals surface area (Å²) in [5.41, 5.74) is 0. The first-order chi connectivity index (χ1) is 11.8. The average Bonchev–Trinajstić information content (AvgIpc) is 2.78. The van der Waals surface area contributed by atoms with Gasteiger partial charge in [-0.2, -0.15) is 0 Å². The van der Waals surface area contributed by atoms with E-state index in [9.17, 15) is 14.4 Å². The van der Waals surface area contributed by atoms with Crippen molar-refractivity contribution in [3.05, 3.63) is 29.3 Å². The SMILES string of the molecule is CCN(CCOc1ccc(Cl)cc1)C(=O)CC1C(=O)N(C)C(=O)N1C. The Hall–Kier alpha value is -2.28. The molecule has 1 heterocycles. The minimum Gasteiger partial charge on any atom is -0.492 e. The van der Waals surface area contributed by atoms with Gasteiger partial charge in [0.15, 0.2) is 0 Å². The molecule has 8 heteroatoms. The van der Waals surface area contributed by atoms with Crippen molar-refractivity contribution in [1.82, 2.24) is 14.7 Å². The maximum Gasteiger partial charge on any atom is 0.326 e. The van der Waals surface area contributed by atoms with E-state index < -0.39 is 12.1 Å². The predicted molar refractivity (Wildman–Crippen MR) is 93.5 cm³/mol. The number of hydrogen-bond donors (Lipinski definition) is 0. The highest BCUT2D eigenvalue weighted by atomic mass is 35.5. The maximum absolute atomic E-state index is 12.5. The van der Waals surface area contributed by atoms with Crippen LogP contribution in [0.3, 0.4) is 0 Å². The first kappa shape index (κ1) is 19.1. The van der Waals surface area contributed by atoms with Gasteiger partial charge in [0.1, 0.15) is 18.4 Å². The van der Waals surface area contributed by atoms with Crippen molar-refractivity contribution in [3.63, 3.8) is 0 Å². The molecule has 2 rings (SSSR count). The molecule has 0 N–H and O–H groups in total. The number of ether oxygens (including phenoxy) is 1. The normalized spacial score (nSPS) is 17.2. The summed E-state index contributed by atoms with van der Waals surface area (Å²) in [7, 11) is 2.95. The number of rotatable bonds is 7. The lowest BCUT2D eigenvalue weighted by atomic mass is 10.1. The molecule has 4 amide bonds. The number of amides is 4. The fourth-order valence-electron chi connectivity index (χ4n) is 2.64. The number of benzene rings is 1. The summed E-state index contributed by atoms with van der Waals surface area (Å²) in [5.74, 6) is 0.135. The van der Waals surface area contributed by atoms with Gasteiger partial charge >= 0.3 is 6.03 Å². The highest BCUT2D eigenvalue weighted by molar-refractivity contribution is 6.30. The standard InChI is InChI=1S/C17H22ClN3O4/c1-4-21(9-10-25-13-7-5-12(18)6-8-13)15(22)11-14-16(23)20(3)17(24)19(14)2/h5-8,14H,4,9-11H2,1-3H3. The molecular weight excluding hydrogens is 346 g/mol. The molecule has 1 fully saturated rings. The Bertz CT molecular complexity index is 650. The zero-order valence-corrected chi connectivity index (χ0v) is 15.3. The van der Waals surface area contributed by atoms with Gasteiger partial charge in [0.05, 0.1) is 13.0 Å². The monoisotopic (exact) mass is 367 g/mol. The van der Waals surface area contributed by atoms with Crippen LogP contribution in [0.15, 0.2) is 24.3 Å². The molecule has 1 aromatic rings. The number of likely N-dealkylation sites (N-methyl/N-ethyl adjacent to an activating group) is 3. The summed E-state index contributed by atoms with van der Waals surface area (Å²) in [6, 6.07) is 5.85. The second-order valence-corrected chi connectivity index (χ2v) is 6.22. The molecular formula is C17H22ClN3O4. The summed E-state index contributed by atoms with van der Waals surface area (Å²) < 4.78 is 5.60. The molecule has 7 nitrogen and oxygen atoms in total. The molecule has 1 saturated heterocycles. The third-order valence-electron chi connectivity index (χ3n) is 4.22. The van der Waals surface area contributed by atoms with Crippen LogP contribution in [0.2, 0.25) is 5.02 Å². The van der Waals surface area contributed by atoms with Crippen LogP contribution in [-0.4, -0.2) is 72.4 Å². The van der Waals surface area contributed by atoms with E-state index in [1.165, 1.54) is 19.0 Å². The lowest BCUT2D eigenvalue weighted by Crippen LogP contribution is -2.41. The van der Waals surface area contributed by atoms with Gasteiger partial charge in [0.25, 0.3) is 5.91 Å². The van der Waals surface area contributed by atoms with Crippen LogP contribution < -0.4 is 4.74 Å². The average molecular weight is 368 g/mol. The van der Waals surface area contributed by atoms with Gasteiger partial charge in [-0.3, -0.25) is 14.5 Å². The van der Waals surface area contributed by atoms with Crippen LogP contribution in [0.5, 0.6) is 5.75 Å². The Balaban J connectivity index is 1.87. The van der Waals surface area contributed by atoms with E-state index in [1.54, 1.807) is 29.2 Å². The van der Waals surface area contributed by atoms with Crippen molar-refractivity contribution >= 4 is 29.4 Å². The Labute approximate surface area is 152 Å². The lowest BCUT2D eigenvalue weighted by Gasteiger charge is -2.23. The minimum absolute atomic E-state index is 0.0276. The second kappa shape index (κ2) is 8.20. The maximum atomic E-state index is 12.5. The fraction of sp³-hybridized carbons (Fsp3) is 0.471. The van der Waals surface area contributed by atoms with E-state index in [-0.39, 0.29) is 18.2 Å². The molecule has 1 aromatic carbocycles. The number of carbonyl (C=O) groups excluding carboxylic acids is 3. The summed E-state index contributed by atoms with van der Waals surface area (Å²) >= 11 is 5.82. The highest BCUT2D eigenvalue weighted by Crippen LogP contribution is 2.18. The molecule has 1 aliphatic rings. The lowest BCUT2D eigenvalue weighted by molar-refractivity contribution is -0.136. The van der Waals surface area contributed by atoms with Gasteiger partial charge in [0, 0.05) is 25.7 Å². The molecule has 136 valence electrons. The van der Waals surface area contributed by atoms with Crippen LogP contribution >= 0.6 is 11.6 Å². The van der Waals surface area contributed by atoms with Crippen molar-refractivity contribution in [2.75, 3.05) is 33.8 Å². The quantitative estimate of drug-likeness (QED) is 0.689. The summed E-state index contributed by atoms with van der Waals surface area (Å²) in [6.45, 7) is 3.08. The third kappa shape index (κ3) is 4.42. The van der Waals surface area contributed by atoms with Gasteiger partial charge in [-0.15, -0.1) is 0 Å².